The third kappa shape index (κ3) is 5.13. The van der Waals surface area contributed by atoms with Crippen molar-refractivity contribution in [1.29, 1.82) is 0 Å². The van der Waals surface area contributed by atoms with Gasteiger partial charge >= 0.3 is 0 Å². The molecule has 0 unspecified atom stereocenters. The summed E-state index contributed by atoms with van der Waals surface area (Å²) in [5.74, 6) is 0.0685. The Labute approximate surface area is 74.2 Å². The lowest BCUT2D eigenvalue weighted by atomic mass is 9.95. The van der Waals surface area contributed by atoms with Crippen LogP contribution in [0.1, 0.15) is 33.6 Å². The van der Waals surface area contributed by atoms with E-state index in [1.54, 1.807) is 0 Å². The number of carbonyl (C=O) groups is 1. The number of aliphatic hydroxyl groups excluding tert-OH is 1. The van der Waals surface area contributed by atoms with Crippen molar-refractivity contribution in [2.24, 2.45) is 5.41 Å². The number of nitrogens with one attached hydrogen (secondary N) is 1. The van der Waals surface area contributed by atoms with E-state index in [1.807, 2.05) is 20.8 Å². The lowest BCUT2D eigenvalue weighted by molar-refractivity contribution is -0.121. The summed E-state index contributed by atoms with van der Waals surface area (Å²) in [6.45, 7) is 6.44. The van der Waals surface area contributed by atoms with E-state index >= 15 is 0 Å². The lowest BCUT2D eigenvalue weighted by Crippen LogP contribution is -2.35. The molecule has 0 aromatic heterocycles. The van der Waals surface area contributed by atoms with E-state index in [2.05, 4.69) is 5.32 Å². The van der Waals surface area contributed by atoms with E-state index in [0.717, 1.165) is 6.42 Å². The summed E-state index contributed by atoms with van der Waals surface area (Å²) in [7, 11) is 0. The van der Waals surface area contributed by atoms with Crippen LogP contribution in [0.4, 0.5) is 0 Å². The van der Waals surface area contributed by atoms with Crippen LogP contribution in [0.2, 0.25) is 0 Å². The second kappa shape index (κ2) is 5.14. The second-order valence-corrected chi connectivity index (χ2v) is 3.85. The number of rotatable bonds is 5. The zero-order valence-corrected chi connectivity index (χ0v) is 8.18. The van der Waals surface area contributed by atoms with Gasteiger partial charge in [0.15, 0.2) is 0 Å². The largest absolute Gasteiger partial charge is 0.396 e. The molecular weight excluding hydrogens is 154 g/mol. The van der Waals surface area contributed by atoms with Gasteiger partial charge in [0.1, 0.15) is 0 Å². The van der Waals surface area contributed by atoms with E-state index in [1.165, 1.54) is 0 Å². The van der Waals surface area contributed by atoms with Crippen molar-refractivity contribution in [3.05, 3.63) is 0 Å². The van der Waals surface area contributed by atoms with Gasteiger partial charge in [-0.25, -0.2) is 0 Å². The van der Waals surface area contributed by atoms with Gasteiger partial charge in [0.2, 0.25) is 5.91 Å². The molecule has 0 saturated heterocycles. The number of hydrogen-bond donors (Lipinski definition) is 2. The smallest absolute Gasteiger partial charge is 0.220 e. The SMILES string of the molecule is CCCC(=O)NCC(C)(C)CO. The van der Waals surface area contributed by atoms with Crippen molar-refractivity contribution in [1.82, 2.24) is 5.32 Å². The van der Waals surface area contributed by atoms with Gasteiger partial charge in [-0.15, -0.1) is 0 Å². The highest BCUT2D eigenvalue weighted by Gasteiger charge is 2.16. The fraction of sp³-hybridized carbons (Fsp3) is 0.889. The minimum atomic E-state index is -0.205. The molecule has 0 fully saturated rings. The first-order valence-corrected chi connectivity index (χ1v) is 4.39. The van der Waals surface area contributed by atoms with Crippen LogP contribution >= 0.6 is 0 Å². The molecule has 3 heteroatoms. The molecule has 0 aromatic rings. The Morgan fingerprint density at radius 2 is 2.08 bits per heavy atom. The van der Waals surface area contributed by atoms with Crippen molar-refractivity contribution >= 4 is 5.91 Å². The van der Waals surface area contributed by atoms with Crippen LogP contribution in [0.15, 0.2) is 0 Å². The maximum atomic E-state index is 11.0. The molecule has 0 radical (unpaired) electrons. The molecule has 0 aromatic carbocycles. The van der Waals surface area contributed by atoms with Crippen molar-refractivity contribution in [2.45, 2.75) is 33.6 Å². The highest BCUT2D eigenvalue weighted by Crippen LogP contribution is 2.11. The second-order valence-electron chi connectivity index (χ2n) is 3.85. The summed E-state index contributed by atoms with van der Waals surface area (Å²) in [5, 5.41) is 11.7. The molecular formula is C9H19NO2. The monoisotopic (exact) mass is 173 g/mol. The topological polar surface area (TPSA) is 49.3 Å². The molecule has 72 valence electrons. The maximum absolute atomic E-state index is 11.0. The van der Waals surface area contributed by atoms with Gasteiger partial charge < -0.3 is 10.4 Å². The van der Waals surface area contributed by atoms with Crippen molar-refractivity contribution in [2.75, 3.05) is 13.2 Å². The van der Waals surface area contributed by atoms with E-state index in [9.17, 15) is 4.79 Å². The van der Waals surface area contributed by atoms with Crippen molar-refractivity contribution < 1.29 is 9.90 Å². The van der Waals surface area contributed by atoms with E-state index in [-0.39, 0.29) is 17.9 Å². The molecule has 0 rings (SSSR count). The fourth-order valence-corrected chi connectivity index (χ4v) is 0.709. The van der Waals surface area contributed by atoms with Crippen LogP contribution in [-0.2, 0) is 4.79 Å². The molecule has 2 N–H and O–H groups in total. The molecule has 0 saturated carbocycles. The van der Waals surface area contributed by atoms with Gasteiger partial charge in [0.25, 0.3) is 0 Å². The minimum Gasteiger partial charge on any atom is -0.396 e. The van der Waals surface area contributed by atoms with E-state index in [0.29, 0.717) is 13.0 Å². The van der Waals surface area contributed by atoms with Crippen molar-refractivity contribution in [3.63, 3.8) is 0 Å². The highest BCUT2D eigenvalue weighted by molar-refractivity contribution is 5.75. The maximum Gasteiger partial charge on any atom is 0.220 e. The van der Waals surface area contributed by atoms with Crippen molar-refractivity contribution in [3.8, 4) is 0 Å². The van der Waals surface area contributed by atoms with Crippen LogP contribution in [-0.4, -0.2) is 24.2 Å². The number of amides is 1. The highest BCUT2D eigenvalue weighted by atomic mass is 16.3. The Hall–Kier alpha value is -0.570. The van der Waals surface area contributed by atoms with Crippen LogP contribution in [0.5, 0.6) is 0 Å². The van der Waals surface area contributed by atoms with Crippen LogP contribution < -0.4 is 5.32 Å². The Balaban J connectivity index is 3.60. The quantitative estimate of drug-likeness (QED) is 0.649. The minimum absolute atomic E-state index is 0.0685. The van der Waals surface area contributed by atoms with Gasteiger partial charge in [0.05, 0.1) is 0 Å². The van der Waals surface area contributed by atoms with Gasteiger partial charge in [-0.05, 0) is 6.42 Å². The van der Waals surface area contributed by atoms with E-state index in [4.69, 9.17) is 5.11 Å². The number of aliphatic hydroxyl groups is 1. The molecule has 0 aliphatic rings. The van der Waals surface area contributed by atoms with E-state index < -0.39 is 0 Å². The molecule has 0 atom stereocenters. The van der Waals surface area contributed by atoms with Crippen LogP contribution in [0, 0.1) is 5.41 Å². The zero-order valence-electron chi connectivity index (χ0n) is 8.18. The fourth-order valence-electron chi connectivity index (χ4n) is 0.709. The Bertz CT molecular complexity index is 143. The molecule has 0 spiro atoms. The average molecular weight is 173 g/mol. The summed E-state index contributed by atoms with van der Waals surface area (Å²) in [4.78, 5) is 11.0. The number of hydrogen-bond acceptors (Lipinski definition) is 2. The molecule has 0 aliphatic heterocycles. The predicted octanol–water partition coefficient (Wildman–Crippen LogP) is 0.921. The van der Waals surface area contributed by atoms with Gasteiger partial charge in [-0.3, -0.25) is 4.79 Å². The first-order valence-electron chi connectivity index (χ1n) is 4.39. The Kier molecular flexibility index (Phi) is 4.90. The lowest BCUT2D eigenvalue weighted by Gasteiger charge is -2.21. The molecule has 1 amide bonds. The van der Waals surface area contributed by atoms with Gasteiger partial charge in [-0.1, -0.05) is 20.8 Å². The first kappa shape index (κ1) is 11.4. The molecule has 0 aliphatic carbocycles. The predicted molar refractivity (Wildman–Crippen MR) is 48.8 cm³/mol. The van der Waals surface area contributed by atoms with Gasteiger partial charge in [-0.2, -0.15) is 0 Å². The first-order chi connectivity index (χ1) is 5.52. The normalized spacial score (nSPS) is 11.3. The molecule has 0 heterocycles. The third-order valence-corrected chi connectivity index (χ3v) is 1.67. The summed E-state index contributed by atoms with van der Waals surface area (Å²) in [6, 6.07) is 0. The summed E-state index contributed by atoms with van der Waals surface area (Å²) >= 11 is 0. The Morgan fingerprint density at radius 1 is 1.50 bits per heavy atom. The molecule has 12 heavy (non-hydrogen) atoms. The molecule has 3 nitrogen and oxygen atoms in total. The van der Waals surface area contributed by atoms with Crippen LogP contribution in [0.25, 0.3) is 0 Å². The summed E-state index contributed by atoms with van der Waals surface area (Å²) < 4.78 is 0. The number of carbonyl (C=O) groups excluding carboxylic acids is 1. The van der Waals surface area contributed by atoms with Gasteiger partial charge in [0, 0.05) is 25.0 Å². The van der Waals surface area contributed by atoms with Crippen LogP contribution in [0.3, 0.4) is 0 Å². The third-order valence-electron chi connectivity index (χ3n) is 1.67. The standard InChI is InChI=1S/C9H19NO2/c1-4-5-8(12)10-6-9(2,3)7-11/h11H,4-7H2,1-3H3,(H,10,12). The Morgan fingerprint density at radius 3 is 2.50 bits per heavy atom. The average Bonchev–Trinajstić information content (AvgIpc) is 2.02. The summed E-state index contributed by atoms with van der Waals surface area (Å²) in [5.41, 5.74) is -0.205. The summed E-state index contributed by atoms with van der Waals surface area (Å²) in [6.07, 6.45) is 1.44. The zero-order chi connectivity index (χ0) is 9.61. The molecule has 0 bridgehead atoms.